The number of rotatable bonds is 3. The van der Waals surface area contributed by atoms with Crippen molar-refractivity contribution < 1.29 is 8.42 Å². The van der Waals surface area contributed by atoms with Gasteiger partial charge < -0.3 is 5.73 Å². The zero-order valence-electron chi connectivity index (χ0n) is 11.8. The highest BCUT2D eigenvalue weighted by Gasteiger charge is 2.24. The predicted molar refractivity (Wildman–Crippen MR) is 89.1 cm³/mol. The molecular weight excluding hydrogens is 366 g/mol. The molecule has 0 radical (unpaired) electrons. The Balaban J connectivity index is 2.32. The highest BCUT2D eigenvalue weighted by molar-refractivity contribution is 9.10. The van der Waals surface area contributed by atoms with Gasteiger partial charge in [-0.3, -0.25) is 4.98 Å². The number of fused-ring (bicyclic) bond motifs is 1. The highest BCUT2D eigenvalue weighted by Crippen LogP contribution is 2.28. The van der Waals surface area contributed by atoms with Crippen LogP contribution in [0, 0.1) is 0 Å². The Kier molecular flexibility index (Phi) is 3.80. The van der Waals surface area contributed by atoms with Crippen LogP contribution in [0.25, 0.3) is 10.9 Å². The molecule has 1 unspecified atom stereocenters. The van der Waals surface area contributed by atoms with Gasteiger partial charge in [0.25, 0.3) is 10.0 Å². The van der Waals surface area contributed by atoms with Crippen LogP contribution in [-0.2, 0) is 10.0 Å². The molecule has 0 aliphatic rings. The number of benzene rings is 1. The van der Waals surface area contributed by atoms with Gasteiger partial charge >= 0.3 is 0 Å². The number of hydrogen-bond donors (Lipinski definition) is 1. The summed E-state index contributed by atoms with van der Waals surface area (Å²) < 4.78 is 28.2. The Morgan fingerprint density at radius 2 is 1.91 bits per heavy atom. The average molecular weight is 380 g/mol. The van der Waals surface area contributed by atoms with E-state index in [4.69, 9.17) is 5.73 Å². The summed E-state index contributed by atoms with van der Waals surface area (Å²) in [6.07, 6.45) is 3.20. The van der Waals surface area contributed by atoms with E-state index in [2.05, 4.69) is 20.9 Å². The van der Waals surface area contributed by atoms with Gasteiger partial charge in [-0.1, -0.05) is 15.9 Å². The molecule has 3 rings (SSSR count). The summed E-state index contributed by atoms with van der Waals surface area (Å²) in [7, 11) is -3.73. The molecule has 2 heterocycles. The highest BCUT2D eigenvalue weighted by atomic mass is 79.9. The molecule has 0 fully saturated rings. The lowest BCUT2D eigenvalue weighted by Crippen LogP contribution is -2.19. The van der Waals surface area contributed by atoms with E-state index in [1.807, 2.05) is 0 Å². The molecule has 2 aromatic heterocycles. The summed E-state index contributed by atoms with van der Waals surface area (Å²) in [5, 5.41) is 0.746. The maximum atomic E-state index is 13.0. The Morgan fingerprint density at radius 1 is 1.23 bits per heavy atom. The summed E-state index contributed by atoms with van der Waals surface area (Å²) in [5.74, 6) is 0. The molecule has 7 heteroatoms. The minimum absolute atomic E-state index is 0.215. The fraction of sp³-hybridized carbons (Fsp3) is 0.133. The zero-order chi connectivity index (χ0) is 15.9. The molecule has 1 aromatic carbocycles. The Hall–Kier alpha value is -1.70. The molecule has 2 N–H and O–H groups in total. The van der Waals surface area contributed by atoms with Crippen LogP contribution in [-0.4, -0.2) is 17.4 Å². The standard InChI is InChI=1S/C15H14BrN3O2S/c1-10(17)15-8-11-9-18-7-6-14(11)19(15)22(20,21)13-4-2-12(16)3-5-13/h2-10H,17H2,1H3. The first-order chi connectivity index (χ1) is 10.4. The molecule has 0 saturated heterocycles. The fourth-order valence-electron chi connectivity index (χ4n) is 2.35. The van der Waals surface area contributed by atoms with E-state index in [9.17, 15) is 8.42 Å². The maximum Gasteiger partial charge on any atom is 0.268 e. The smallest absolute Gasteiger partial charge is 0.268 e. The molecule has 1 atom stereocenters. The summed E-state index contributed by atoms with van der Waals surface area (Å²) in [6.45, 7) is 1.76. The van der Waals surface area contributed by atoms with E-state index in [1.54, 1.807) is 55.7 Å². The van der Waals surface area contributed by atoms with Crippen molar-refractivity contribution in [2.24, 2.45) is 5.73 Å². The lowest BCUT2D eigenvalue weighted by molar-refractivity contribution is 0.584. The van der Waals surface area contributed by atoms with Crippen LogP contribution in [0.3, 0.4) is 0 Å². The van der Waals surface area contributed by atoms with E-state index in [1.165, 1.54) is 3.97 Å². The maximum absolute atomic E-state index is 13.0. The second kappa shape index (κ2) is 5.49. The number of hydrogen-bond acceptors (Lipinski definition) is 4. The number of nitrogens with two attached hydrogens (primary N) is 1. The molecular formula is C15H14BrN3O2S. The number of halogens is 1. The van der Waals surface area contributed by atoms with E-state index in [0.717, 1.165) is 9.86 Å². The van der Waals surface area contributed by atoms with Gasteiger partial charge in [0.15, 0.2) is 0 Å². The van der Waals surface area contributed by atoms with Crippen LogP contribution in [0.5, 0.6) is 0 Å². The second-order valence-electron chi connectivity index (χ2n) is 5.02. The minimum atomic E-state index is -3.73. The van der Waals surface area contributed by atoms with Crippen LogP contribution < -0.4 is 5.73 Å². The van der Waals surface area contributed by atoms with E-state index in [-0.39, 0.29) is 4.90 Å². The number of nitrogens with zero attached hydrogens (tertiary/aromatic N) is 2. The van der Waals surface area contributed by atoms with Crippen LogP contribution in [0.4, 0.5) is 0 Å². The quantitative estimate of drug-likeness (QED) is 0.758. The third-order valence-corrected chi connectivity index (χ3v) is 5.69. The van der Waals surface area contributed by atoms with Gasteiger partial charge in [-0.25, -0.2) is 12.4 Å². The van der Waals surface area contributed by atoms with Crippen LogP contribution >= 0.6 is 15.9 Å². The van der Waals surface area contributed by atoms with E-state index < -0.39 is 16.1 Å². The lowest BCUT2D eigenvalue weighted by Gasteiger charge is -2.14. The largest absolute Gasteiger partial charge is 0.323 e. The molecule has 0 bridgehead atoms. The summed E-state index contributed by atoms with van der Waals surface area (Å²) in [6, 6.07) is 9.56. The van der Waals surface area contributed by atoms with Crippen molar-refractivity contribution in [2.45, 2.75) is 17.9 Å². The van der Waals surface area contributed by atoms with Gasteiger partial charge in [-0.2, -0.15) is 0 Å². The molecule has 0 aliphatic carbocycles. The minimum Gasteiger partial charge on any atom is -0.323 e. The molecule has 5 nitrogen and oxygen atoms in total. The van der Waals surface area contributed by atoms with Crippen molar-refractivity contribution in [2.75, 3.05) is 0 Å². The van der Waals surface area contributed by atoms with Gasteiger partial charge in [0.05, 0.1) is 16.1 Å². The van der Waals surface area contributed by atoms with E-state index >= 15 is 0 Å². The topological polar surface area (TPSA) is 78.0 Å². The molecule has 22 heavy (non-hydrogen) atoms. The van der Waals surface area contributed by atoms with E-state index in [0.29, 0.717) is 11.2 Å². The lowest BCUT2D eigenvalue weighted by atomic mass is 10.2. The number of pyridine rings is 1. The second-order valence-corrected chi connectivity index (χ2v) is 7.72. The van der Waals surface area contributed by atoms with Crippen molar-refractivity contribution >= 4 is 36.9 Å². The SMILES string of the molecule is CC(N)c1cc2cnccc2n1S(=O)(=O)c1ccc(Br)cc1. The van der Waals surface area contributed by atoms with Crippen molar-refractivity contribution in [3.05, 3.63) is 59.0 Å². The Morgan fingerprint density at radius 3 is 2.55 bits per heavy atom. The molecule has 3 aromatic rings. The third kappa shape index (κ3) is 2.45. The predicted octanol–water partition coefficient (Wildman–Crippen LogP) is 3.06. The zero-order valence-corrected chi connectivity index (χ0v) is 14.2. The van der Waals surface area contributed by atoms with Gasteiger partial charge in [-0.05, 0) is 43.3 Å². The van der Waals surface area contributed by atoms with Crippen LogP contribution in [0.15, 0.2) is 58.2 Å². The van der Waals surface area contributed by atoms with Crippen molar-refractivity contribution in [3.8, 4) is 0 Å². The first kappa shape index (κ1) is 15.2. The molecule has 0 spiro atoms. The normalized spacial score (nSPS) is 13.4. The molecule has 0 saturated carbocycles. The fourth-order valence-corrected chi connectivity index (χ4v) is 4.23. The van der Waals surface area contributed by atoms with Crippen molar-refractivity contribution in [3.63, 3.8) is 0 Å². The number of aromatic nitrogens is 2. The monoisotopic (exact) mass is 379 g/mol. The van der Waals surface area contributed by atoms with Gasteiger partial charge in [0.1, 0.15) is 0 Å². The molecule has 114 valence electrons. The first-order valence-corrected chi connectivity index (χ1v) is 8.86. The third-order valence-electron chi connectivity index (χ3n) is 3.40. The van der Waals surface area contributed by atoms with Gasteiger partial charge in [0, 0.05) is 28.3 Å². The Bertz CT molecular complexity index is 931. The van der Waals surface area contributed by atoms with Crippen molar-refractivity contribution in [1.82, 2.24) is 8.96 Å². The van der Waals surface area contributed by atoms with Crippen molar-refractivity contribution in [1.29, 1.82) is 0 Å². The molecule has 0 amide bonds. The average Bonchev–Trinajstić information content (AvgIpc) is 2.88. The van der Waals surface area contributed by atoms with Crippen LogP contribution in [0.1, 0.15) is 18.7 Å². The summed E-state index contributed by atoms with van der Waals surface area (Å²) >= 11 is 3.31. The first-order valence-electron chi connectivity index (χ1n) is 6.63. The van der Waals surface area contributed by atoms with Gasteiger partial charge in [0.2, 0.25) is 0 Å². The molecule has 0 aliphatic heterocycles. The van der Waals surface area contributed by atoms with Crippen LogP contribution in [0.2, 0.25) is 0 Å². The van der Waals surface area contributed by atoms with Gasteiger partial charge in [-0.15, -0.1) is 0 Å². The summed E-state index contributed by atoms with van der Waals surface area (Å²) in [5.41, 5.74) is 7.07. The Labute approximate surface area is 137 Å². The summed E-state index contributed by atoms with van der Waals surface area (Å²) in [4.78, 5) is 4.25.